The molecule has 0 unspecified atom stereocenters. The van der Waals surface area contributed by atoms with Gasteiger partial charge in [0.2, 0.25) is 0 Å². The quantitative estimate of drug-likeness (QED) is 0.281. The van der Waals surface area contributed by atoms with Crippen LogP contribution < -0.4 is 11.1 Å². The summed E-state index contributed by atoms with van der Waals surface area (Å²) in [7, 11) is 0. The summed E-state index contributed by atoms with van der Waals surface area (Å²) in [4.78, 5) is 24.6. The fraction of sp³-hybridized carbons (Fsp3) is 0.350. The van der Waals surface area contributed by atoms with Crippen molar-refractivity contribution in [3.63, 3.8) is 0 Å². The highest BCUT2D eigenvalue weighted by atomic mass is 35.5. The highest BCUT2D eigenvalue weighted by Gasteiger charge is 2.11. The van der Waals surface area contributed by atoms with E-state index in [9.17, 15) is 19.3 Å². The van der Waals surface area contributed by atoms with Crippen LogP contribution >= 0.6 is 11.6 Å². The van der Waals surface area contributed by atoms with Gasteiger partial charge in [0, 0.05) is 5.69 Å². The molecular formula is C20H25ClFN3O5. The minimum absolute atomic E-state index is 0.143. The molecule has 0 atom stereocenters. The molecule has 4 N–H and O–H groups in total. The van der Waals surface area contributed by atoms with Crippen LogP contribution in [0.2, 0.25) is 5.02 Å². The van der Waals surface area contributed by atoms with E-state index in [1.807, 2.05) is 13.0 Å². The molecule has 2 aromatic rings. The topological polar surface area (TPSA) is 128 Å². The van der Waals surface area contributed by atoms with Gasteiger partial charge >= 0.3 is 5.97 Å². The van der Waals surface area contributed by atoms with Crippen LogP contribution in [0.4, 0.5) is 15.8 Å². The number of hydrogen-bond donors (Lipinski definition) is 3. The monoisotopic (exact) mass is 441 g/mol. The Kier molecular flexibility index (Phi) is 11.2. The number of aryl methyl sites for hydroxylation is 1. The molecule has 0 bridgehead atoms. The van der Waals surface area contributed by atoms with Gasteiger partial charge in [-0.05, 0) is 50.1 Å². The molecule has 0 amide bonds. The van der Waals surface area contributed by atoms with E-state index >= 15 is 0 Å². The summed E-state index contributed by atoms with van der Waals surface area (Å²) in [5.74, 6) is -1.43. The van der Waals surface area contributed by atoms with Crippen molar-refractivity contribution < 1.29 is 24.2 Å². The summed E-state index contributed by atoms with van der Waals surface area (Å²) in [6, 6.07) is 9.66. The number of nitrogens with two attached hydrogens (primary N) is 1. The van der Waals surface area contributed by atoms with Crippen molar-refractivity contribution in [3.05, 3.63) is 68.5 Å². The summed E-state index contributed by atoms with van der Waals surface area (Å²) in [6.07, 6.45) is 2.36. The van der Waals surface area contributed by atoms with Crippen LogP contribution in [0.3, 0.4) is 0 Å². The molecular weight excluding hydrogens is 417 g/mol. The van der Waals surface area contributed by atoms with Crippen molar-refractivity contribution in [2.75, 3.05) is 18.5 Å². The third kappa shape index (κ3) is 9.53. The van der Waals surface area contributed by atoms with Crippen LogP contribution in [0.1, 0.15) is 30.4 Å². The van der Waals surface area contributed by atoms with Gasteiger partial charge in [-0.1, -0.05) is 41.8 Å². The first kappa shape index (κ1) is 25.1. The number of nitrogens with one attached hydrogen (secondary N) is 1. The van der Waals surface area contributed by atoms with Crippen LogP contribution in [-0.2, 0) is 16.1 Å². The summed E-state index contributed by atoms with van der Waals surface area (Å²) in [6.45, 7) is 2.69. The molecule has 0 aromatic heterocycles. The van der Waals surface area contributed by atoms with Crippen LogP contribution in [-0.4, -0.2) is 29.3 Å². The lowest BCUT2D eigenvalue weighted by Crippen LogP contribution is -2.05. The summed E-state index contributed by atoms with van der Waals surface area (Å²) in [5.41, 5.74) is 7.39. The predicted octanol–water partition coefficient (Wildman–Crippen LogP) is 4.48. The van der Waals surface area contributed by atoms with Crippen LogP contribution in [0.5, 0.6) is 0 Å². The lowest BCUT2D eigenvalue weighted by Gasteiger charge is -2.13. The number of benzene rings is 2. The Labute approximate surface area is 178 Å². The van der Waals surface area contributed by atoms with Gasteiger partial charge in [-0.15, -0.1) is 10.1 Å². The van der Waals surface area contributed by atoms with E-state index in [2.05, 4.69) is 10.2 Å². The van der Waals surface area contributed by atoms with Crippen LogP contribution in [0.25, 0.3) is 0 Å². The van der Waals surface area contributed by atoms with Crippen molar-refractivity contribution in [3.8, 4) is 0 Å². The lowest BCUT2D eigenvalue weighted by molar-refractivity contribution is -0.757. The SMILES string of the molecule is Cc1ccc(Nc2c(F)cccc2Cl)c(CC(=O)O)c1.NCCCCCO[N+](=O)[O-]. The Bertz CT molecular complexity index is 831. The van der Waals surface area contributed by atoms with Crippen molar-refractivity contribution >= 4 is 28.9 Å². The normalized spacial score (nSPS) is 10.0. The molecule has 0 aliphatic heterocycles. The van der Waals surface area contributed by atoms with Gasteiger partial charge in [-0.3, -0.25) is 4.79 Å². The third-order valence-electron chi connectivity index (χ3n) is 3.87. The maximum Gasteiger partial charge on any atom is 0.307 e. The number of unbranched alkanes of at least 4 members (excludes halogenated alkanes) is 2. The van der Waals surface area contributed by atoms with E-state index in [1.54, 1.807) is 18.2 Å². The molecule has 0 heterocycles. The van der Waals surface area contributed by atoms with Gasteiger partial charge in [0.15, 0.2) is 0 Å². The average Bonchev–Trinajstić information content (AvgIpc) is 2.66. The van der Waals surface area contributed by atoms with Crippen molar-refractivity contribution in [2.24, 2.45) is 5.73 Å². The number of carboxylic acid groups (broad SMARTS) is 1. The minimum atomic E-state index is -0.946. The highest BCUT2D eigenvalue weighted by molar-refractivity contribution is 6.33. The Hall–Kier alpha value is -2.91. The number of aliphatic carboxylic acids is 1. The number of rotatable bonds is 10. The molecule has 8 nitrogen and oxygen atoms in total. The third-order valence-corrected chi connectivity index (χ3v) is 4.18. The summed E-state index contributed by atoms with van der Waals surface area (Å²) in [5, 5.41) is 20.9. The maximum absolute atomic E-state index is 13.7. The van der Waals surface area contributed by atoms with E-state index in [4.69, 9.17) is 22.4 Å². The minimum Gasteiger partial charge on any atom is -0.481 e. The first-order chi connectivity index (χ1) is 14.2. The van der Waals surface area contributed by atoms with Crippen molar-refractivity contribution in [1.29, 1.82) is 0 Å². The number of para-hydroxylation sites is 1. The molecule has 164 valence electrons. The standard InChI is InChI=1S/C15H13ClFNO2.C5H12N2O3/c1-9-5-6-13(10(7-9)8-14(19)20)18-15-11(16)3-2-4-12(15)17;6-4-2-1-3-5-10-7(8)9/h2-7,18H,8H2,1H3,(H,19,20);1-6H2. The average molecular weight is 442 g/mol. The van der Waals surface area contributed by atoms with E-state index in [0.29, 0.717) is 24.2 Å². The fourth-order valence-corrected chi connectivity index (χ4v) is 2.68. The van der Waals surface area contributed by atoms with Gasteiger partial charge in [0.25, 0.3) is 5.09 Å². The Morgan fingerprint density at radius 1 is 1.30 bits per heavy atom. The van der Waals surface area contributed by atoms with Gasteiger partial charge < -0.3 is 21.0 Å². The van der Waals surface area contributed by atoms with E-state index in [-0.39, 0.29) is 23.7 Å². The highest BCUT2D eigenvalue weighted by Crippen LogP contribution is 2.30. The first-order valence-electron chi connectivity index (χ1n) is 9.24. The molecule has 30 heavy (non-hydrogen) atoms. The molecule has 0 aliphatic carbocycles. The molecule has 0 spiro atoms. The second kappa shape index (κ2) is 13.3. The first-order valence-corrected chi connectivity index (χ1v) is 9.62. The fourth-order valence-electron chi connectivity index (χ4n) is 2.47. The second-order valence-electron chi connectivity index (χ2n) is 6.36. The zero-order valence-corrected chi connectivity index (χ0v) is 17.3. The zero-order chi connectivity index (χ0) is 22.5. The predicted molar refractivity (Wildman–Crippen MR) is 113 cm³/mol. The van der Waals surface area contributed by atoms with Crippen molar-refractivity contribution in [2.45, 2.75) is 32.6 Å². The molecule has 10 heteroatoms. The molecule has 0 saturated carbocycles. The molecule has 0 radical (unpaired) electrons. The molecule has 2 aromatic carbocycles. The molecule has 0 aliphatic rings. The number of carbonyl (C=O) groups is 1. The van der Waals surface area contributed by atoms with Crippen LogP contribution in [0, 0.1) is 22.9 Å². The number of carboxylic acids is 1. The van der Waals surface area contributed by atoms with Crippen LogP contribution in [0.15, 0.2) is 36.4 Å². The lowest BCUT2D eigenvalue weighted by atomic mass is 10.1. The molecule has 2 rings (SSSR count). The largest absolute Gasteiger partial charge is 0.481 e. The number of halogens is 2. The van der Waals surface area contributed by atoms with Gasteiger partial charge in [0.1, 0.15) is 5.82 Å². The Morgan fingerprint density at radius 3 is 2.63 bits per heavy atom. The molecule has 0 fully saturated rings. The van der Waals surface area contributed by atoms with E-state index in [1.165, 1.54) is 12.1 Å². The van der Waals surface area contributed by atoms with Gasteiger partial charge in [0.05, 0.1) is 23.7 Å². The van der Waals surface area contributed by atoms with E-state index < -0.39 is 16.9 Å². The van der Waals surface area contributed by atoms with Gasteiger partial charge in [-0.2, -0.15) is 0 Å². The Balaban J connectivity index is 0.000000382. The second-order valence-corrected chi connectivity index (χ2v) is 6.77. The smallest absolute Gasteiger partial charge is 0.307 e. The number of anilines is 2. The molecule has 0 saturated heterocycles. The summed E-state index contributed by atoms with van der Waals surface area (Å²) < 4.78 is 13.7. The van der Waals surface area contributed by atoms with Crippen molar-refractivity contribution in [1.82, 2.24) is 0 Å². The maximum atomic E-state index is 13.7. The number of nitrogens with zero attached hydrogens (tertiary/aromatic N) is 1. The van der Waals surface area contributed by atoms with E-state index in [0.717, 1.165) is 18.4 Å². The zero-order valence-electron chi connectivity index (χ0n) is 16.6. The van der Waals surface area contributed by atoms with Gasteiger partial charge in [-0.25, -0.2) is 4.39 Å². The summed E-state index contributed by atoms with van der Waals surface area (Å²) >= 11 is 5.95. The Morgan fingerprint density at radius 2 is 2.03 bits per heavy atom. The number of hydrogen-bond acceptors (Lipinski definition) is 6.